The van der Waals surface area contributed by atoms with E-state index >= 15 is 0 Å². The number of hydrogen-bond donors (Lipinski definition) is 1. The first-order chi connectivity index (χ1) is 8.86. The molecule has 1 fully saturated rings. The number of aliphatic hydroxyl groups excluding tert-OH is 1. The van der Waals surface area contributed by atoms with Gasteiger partial charge in [-0.1, -0.05) is 24.0 Å². The molecule has 0 radical (unpaired) electrons. The van der Waals surface area contributed by atoms with Crippen molar-refractivity contribution >= 4 is 12.6 Å². The number of rotatable bonds is 1. The third-order valence-electron chi connectivity index (χ3n) is 3.72. The smallest absolute Gasteiger partial charge is 0.399 e. The van der Waals surface area contributed by atoms with Crippen molar-refractivity contribution < 1.29 is 14.4 Å². The van der Waals surface area contributed by atoms with E-state index in [4.69, 9.17) is 14.4 Å². The standard InChI is InChI=1S/C15H19BO3/c1-14(2)15(3,4)19-16(18-14)13-9-5-7-12(11-13)8-6-10-17/h5,7,9,11,17H,10H2,1-4H3. The fraction of sp³-hybridized carbons (Fsp3) is 0.467. The minimum absolute atomic E-state index is 0.138. The third kappa shape index (κ3) is 2.84. The van der Waals surface area contributed by atoms with E-state index in [-0.39, 0.29) is 24.9 Å². The van der Waals surface area contributed by atoms with Crippen LogP contribution in [0.25, 0.3) is 0 Å². The molecule has 1 aromatic carbocycles. The average molecular weight is 258 g/mol. The van der Waals surface area contributed by atoms with Crippen LogP contribution >= 0.6 is 0 Å². The second kappa shape index (κ2) is 5.01. The van der Waals surface area contributed by atoms with Crippen LogP contribution in [0.1, 0.15) is 33.3 Å². The van der Waals surface area contributed by atoms with E-state index in [1.165, 1.54) is 0 Å². The average Bonchev–Trinajstić information content (AvgIpc) is 2.56. The second-order valence-corrected chi connectivity index (χ2v) is 5.67. The van der Waals surface area contributed by atoms with E-state index in [1.807, 2.05) is 52.0 Å². The molecule has 0 aliphatic carbocycles. The number of benzene rings is 1. The van der Waals surface area contributed by atoms with Crippen molar-refractivity contribution in [2.75, 3.05) is 6.61 Å². The van der Waals surface area contributed by atoms with Crippen LogP contribution in [-0.2, 0) is 9.31 Å². The fourth-order valence-electron chi connectivity index (χ4n) is 1.88. The van der Waals surface area contributed by atoms with Crippen molar-refractivity contribution in [3.05, 3.63) is 29.8 Å². The van der Waals surface area contributed by atoms with Gasteiger partial charge in [-0.25, -0.2) is 0 Å². The van der Waals surface area contributed by atoms with E-state index in [9.17, 15) is 0 Å². The summed E-state index contributed by atoms with van der Waals surface area (Å²) in [7, 11) is -0.374. The van der Waals surface area contributed by atoms with Crippen LogP contribution in [0.15, 0.2) is 24.3 Å². The summed E-state index contributed by atoms with van der Waals surface area (Å²) in [6.07, 6.45) is 0. The zero-order valence-electron chi connectivity index (χ0n) is 11.9. The lowest BCUT2D eigenvalue weighted by Gasteiger charge is -2.32. The summed E-state index contributed by atoms with van der Waals surface area (Å²) in [6, 6.07) is 7.72. The first-order valence-electron chi connectivity index (χ1n) is 6.41. The van der Waals surface area contributed by atoms with Crippen LogP contribution < -0.4 is 5.46 Å². The van der Waals surface area contributed by atoms with Crippen molar-refractivity contribution in [3.63, 3.8) is 0 Å². The largest absolute Gasteiger partial charge is 0.494 e. The predicted molar refractivity (Wildman–Crippen MR) is 76.1 cm³/mol. The molecule has 100 valence electrons. The summed E-state index contributed by atoms with van der Waals surface area (Å²) in [5, 5.41) is 8.72. The molecule has 1 aromatic rings. The van der Waals surface area contributed by atoms with Gasteiger partial charge in [-0.2, -0.15) is 0 Å². The van der Waals surface area contributed by atoms with E-state index in [0.717, 1.165) is 11.0 Å². The summed E-state index contributed by atoms with van der Waals surface area (Å²) in [6.45, 7) is 7.98. The first-order valence-corrected chi connectivity index (χ1v) is 6.41. The Morgan fingerprint density at radius 3 is 2.37 bits per heavy atom. The molecule has 3 nitrogen and oxygen atoms in total. The van der Waals surface area contributed by atoms with Crippen LogP contribution in [-0.4, -0.2) is 30.0 Å². The Kier molecular flexibility index (Phi) is 3.73. The molecule has 1 heterocycles. The molecular weight excluding hydrogens is 239 g/mol. The summed E-state index contributed by atoms with van der Waals surface area (Å²) in [5.74, 6) is 5.53. The van der Waals surface area contributed by atoms with Crippen molar-refractivity contribution in [1.29, 1.82) is 0 Å². The molecule has 0 spiro atoms. The molecule has 1 saturated heterocycles. The quantitative estimate of drug-likeness (QED) is 0.610. The number of hydrogen-bond acceptors (Lipinski definition) is 3. The van der Waals surface area contributed by atoms with Gasteiger partial charge in [-0.15, -0.1) is 0 Å². The Balaban J connectivity index is 2.25. The molecule has 2 rings (SSSR count). The lowest BCUT2D eigenvalue weighted by atomic mass is 9.78. The Hall–Kier alpha value is -1.28. The molecule has 19 heavy (non-hydrogen) atoms. The Morgan fingerprint density at radius 1 is 1.16 bits per heavy atom. The van der Waals surface area contributed by atoms with E-state index in [2.05, 4.69) is 11.8 Å². The van der Waals surface area contributed by atoms with Gasteiger partial charge in [-0.3, -0.25) is 0 Å². The lowest BCUT2D eigenvalue weighted by Crippen LogP contribution is -2.41. The van der Waals surface area contributed by atoms with Crippen LogP contribution in [0.2, 0.25) is 0 Å². The highest BCUT2D eigenvalue weighted by Crippen LogP contribution is 2.36. The monoisotopic (exact) mass is 258 g/mol. The van der Waals surface area contributed by atoms with Gasteiger partial charge in [0.15, 0.2) is 0 Å². The van der Waals surface area contributed by atoms with E-state index in [1.54, 1.807) is 0 Å². The minimum atomic E-state index is -0.374. The fourth-order valence-corrected chi connectivity index (χ4v) is 1.88. The zero-order chi connectivity index (χ0) is 14.1. The van der Waals surface area contributed by atoms with E-state index < -0.39 is 0 Å². The topological polar surface area (TPSA) is 38.7 Å². The maximum absolute atomic E-state index is 8.72. The van der Waals surface area contributed by atoms with E-state index in [0.29, 0.717) is 0 Å². The van der Waals surface area contributed by atoms with Gasteiger partial charge in [0.1, 0.15) is 6.61 Å². The molecule has 0 aromatic heterocycles. The van der Waals surface area contributed by atoms with Crippen molar-refractivity contribution in [3.8, 4) is 11.8 Å². The summed E-state index contributed by atoms with van der Waals surface area (Å²) < 4.78 is 12.0. The molecule has 0 unspecified atom stereocenters. The maximum atomic E-state index is 8.72. The molecule has 0 amide bonds. The highest BCUT2D eigenvalue weighted by Gasteiger charge is 2.51. The van der Waals surface area contributed by atoms with Gasteiger partial charge in [0.25, 0.3) is 0 Å². The Labute approximate surface area is 115 Å². The highest BCUT2D eigenvalue weighted by atomic mass is 16.7. The Bertz CT molecular complexity index is 510. The molecule has 1 aliphatic rings. The molecule has 1 aliphatic heterocycles. The SMILES string of the molecule is CC1(C)OB(c2cccc(C#CCO)c2)OC1(C)C. The Morgan fingerprint density at radius 2 is 1.79 bits per heavy atom. The van der Waals surface area contributed by atoms with Crippen LogP contribution in [0.5, 0.6) is 0 Å². The lowest BCUT2D eigenvalue weighted by molar-refractivity contribution is 0.00578. The van der Waals surface area contributed by atoms with Gasteiger partial charge in [-0.05, 0) is 45.3 Å². The van der Waals surface area contributed by atoms with Gasteiger partial charge in [0.05, 0.1) is 11.2 Å². The minimum Gasteiger partial charge on any atom is -0.399 e. The highest BCUT2D eigenvalue weighted by molar-refractivity contribution is 6.62. The molecule has 1 N–H and O–H groups in total. The number of aliphatic hydroxyl groups is 1. The summed E-state index contributed by atoms with van der Waals surface area (Å²) in [4.78, 5) is 0. The molecule has 4 heteroatoms. The summed E-state index contributed by atoms with van der Waals surface area (Å²) in [5.41, 5.74) is 1.11. The predicted octanol–water partition coefficient (Wildman–Crippen LogP) is 1.33. The van der Waals surface area contributed by atoms with Crippen molar-refractivity contribution in [2.24, 2.45) is 0 Å². The van der Waals surface area contributed by atoms with Gasteiger partial charge < -0.3 is 14.4 Å². The van der Waals surface area contributed by atoms with Crippen molar-refractivity contribution in [1.82, 2.24) is 0 Å². The maximum Gasteiger partial charge on any atom is 0.494 e. The third-order valence-corrected chi connectivity index (χ3v) is 3.72. The van der Waals surface area contributed by atoms with Gasteiger partial charge in [0, 0.05) is 5.56 Å². The van der Waals surface area contributed by atoms with Gasteiger partial charge in [0.2, 0.25) is 0 Å². The van der Waals surface area contributed by atoms with Crippen LogP contribution in [0, 0.1) is 11.8 Å². The van der Waals surface area contributed by atoms with Crippen LogP contribution in [0.3, 0.4) is 0 Å². The molecule has 0 bridgehead atoms. The first kappa shape index (κ1) is 14.1. The normalized spacial score (nSPS) is 19.9. The zero-order valence-corrected chi connectivity index (χ0v) is 11.9. The summed E-state index contributed by atoms with van der Waals surface area (Å²) >= 11 is 0. The van der Waals surface area contributed by atoms with Gasteiger partial charge >= 0.3 is 7.12 Å². The molecule has 0 atom stereocenters. The molecule has 0 saturated carbocycles. The van der Waals surface area contributed by atoms with Crippen molar-refractivity contribution in [2.45, 2.75) is 38.9 Å². The molecular formula is C15H19BO3. The second-order valence-electron chi connectivity index (χ2n) is 5.67. The van der Waals surface area contributed by atoms with Crippen LogP contribution in [0.4, 0.5) is 0 Å².